The highest BCUT2D eigenvalue weighted by Gasteiger charge is 2.06. The molecule has 0 aromatic carbocycles. The van der Waals surface area contributed by atoms with Gasteiger partial charge in [0, 0.05) is 12.4 Å². The van der Waals surface area contributed by atoms with Crippen LogP contribution in [0.25, 0.3) is 0 Å². The van der Waals surface area contributed by atoms with Gasteiger partial charge in [-0.3, -0.25) is 9.98 Å². The van der Waals surface area contributed by atoms with Crippen LogP contribution in [-0.2, 0) is 0 Å². The Balaban J connectivity index is 2.87. The molecule has 0 radical (unpaired) electrons. The Labute approximate surface area is 110 Å². The lowest BCUT2D eigenvalue weighted by molar-refractivity contribution is 0.586. The number of nitrogens with zero attached hydrogens (tertiary/aromatic N) is 3. The van der Waals surface area contributed by atoms with Gasteiger partial charge in [-0.2, -0.15) is 0 Å². The quantitative estimate of drug-likeness (QED) is 0.735. The van der Waals surface area contributed by atoms with E-state index in [-0.39, 0.29) is 11.1 Å². The van der Waals surface area contributed by atoms with Gasteiger partial charge in [0.25, 0.3) is 0 Å². The van der Waals surface area contributed by atoms with Crippen LogP contribution in [0.15, 0.2) is 28.2 Å². The Hall–Kier alpha value is -1.51. The van der Waals surface area contributed by atoms with Gasteiger partial charge in [0.15, 0.2) is 0 Å². The van der Waals surface area contributed by atoms with Gasteiger partial charge in [-0.15, -0.1) is 0 Å². The lowest BCUT2D eigenvalue weighted by Crippen LogP contribution is -2.11. The number of pyridine rings is 1. The van der Waals surface area contributed by atoms with Gasteiger partial charge >= 0.3 is 0 Å². The Morgan fingerprint density at radius 1 is 0.833 bits per heavy atom. The number of aromatic nitrogens is 1. The molecule has 0 N–H and O–H groups in total. The zero-order chi connectivity index (χ0) is 13.8. The van der Waals surface area contributed by atoms with E-state index >= 15 is 0 Å². The summed E-state index contributed by atoms with van der Waals surface area (Å²) in [4.78, 5) is 13.4. The minimum absolute atomic E-state index is 0.0722. The zero-order valence-corrected chi connectivity index (χ0v) is 12.2. The molecule has 0 aliphatic rings. The van der Waals surface area contributed by atoms with Crippen LogP contribution in [0.5, 0.6) is 0 Å². The van der Waals surface area contributed by atoms with Crippen molar-refractivity contribution in [1.29, 1.82) is 0 Å². The number of hydrogen-bond acceptors (Lipinski definition) is 3. The second-order valence-electron chi connectivity index (χ2n) is 6.35. The molecule has 0 bridgehead atoms. The highest BCUT2D eigenvalue weighted by Crippen LogP contribution is 2.07. The SMILES string of the molecule is CC(C)(C)/N=C/c1cccc(/C=N/C(C)(C)C)n1. The van der Waals surface area contributed by atoms with Gasteiger partial charge in [-0.05, 0) is 53.7 Å². The van der Waals surface area contributed by atoms with Crippen molar-refractivity contribution in [3.8, 4) is 0 Å². The smallest absolute Gasteiger partial charge is 0.0816 e. The van der Waals surface area contributed by atoms with Crippen LogP contribution in [0.4, 0.5) is 0 Å². The molecular weight excluding hydrogens is 222 g/mol. The van der Waals surface area contributed by atoms with Crippen LogP contribution in [-0.4, -0.2) is 28.5 Å². The van der Waals surface area contributed by atoms with Crippen molar-refractivity contribution in [2.75, 3.05) is 0 Å². The molecule has 1 aromatic heterocycles. The van der Waals surface area contributed by atoms with Gasteiger partial charge in [-0.25, -0.2) is 4.98 Å². The molecule has 98 valence electrons. The second-order valence-corrected chi connectivity index (χ2v) is 6.35. The van der Waals surface area contributed by atoms with Crippen LogP contribution < -0.4 is 0 Å². The van der Waals surface area contributed by atoms with E-state index in [1.165, 1.54) is 0 Å². The summed E-state index contributed by atoms with van der Waals surface area (Å²) >= 11 is 0. The van der Waals surface area contributed by atoms with Gasteiger partial charge < -0.3 is 0 Å². The maximum Gasteiger partial charge on any atom is 0.0816 e. The maximum absolute atomic E-state index is 4.48. The first-order valence-electron chi connectivity index (χ1n) is 6.23. The lowest BCUT2D eigenvalue weighted by atomic mass is 10.1. The summed E-state index contributed by atoms with van der Waals surface area (Å²) in [6.07, 6.45) is 3.63. The molecule has 3 nitrogen and oxygen atoms in total. The van der Waals surface area contributed by atoms with E-state index in [2.05, 4.69) is 56.5 Å². The normalized spacial score (nSPS) is 13.7. The third kappa shape index (κ3) is 6.28. The van der Waals surface area contributed by atoms with Crippen molar-refractivity contribution in [1.82, 2.24) is 4.98 Å². The zero-order valence-electron chi connectivity index (χ0n) is 12.2. The predicted octanol–water partition coefficient (Wildman–Crippen LogP) is 3.52. The fourth-order valence-corrected chi connectivity index (χ4v) is 1.13. The average molecular weight is 245 g/mol. The number of hydrogen-bond donors (Lipinski definition) is 0. The molecule has 18 heavy (non-hydrogen) atoms. The van der Waals surface area contributed by atoms with E-state index in [0.717, 1.165) is 11.4 Å². The predicted molar refractivity (Wildman–Crippen MR) is 78.9 cm³/mol. The van der Waals surface area contributed by atoms with Crippen LogP contribution in [0.3, 0.4) is 0 Å². The van der Waals surface area contributed by atoms with Crippen molar-refractivity contribution >= 4 is 12.4 Å². The lowest BCUT2D eigenvalue weighted by Gasteiger charge is -2.11. The molecule has 1 heterocycles. The third-order valence-electron chi connectivity index (χ3n) is 1.96. The summed E-state index contributed by atoms with van der Waals surface area (Å²) in [5.41, 5.74) is 1.58. The Morgan fingerprint density at radius 2 is 1.22 bits per heavy atom. The van der Waals surface area contributed by atoms with Gasteiger partial charge in [0.05, 0.1) is 22.5 Å². The minimum Gasteiger partial charge on any atom is -0.285 e. The molecule has 0 saturated carbocycles. The summed E-state index contributed by atoms with van der Waals surface area (Å²) in [5, 5.41) is 0. The molecule has 0 unspecified atom stereocenters. The first kappa shape index (κ1) is 14.6. The molecule has 0 aliphatic carbocycles. The van der Waals surface area contributed by atoms with Crippen molar-refractivity contribution < 1.29 is 0 Å². The van der Waals surface area contributed by atoms with Crippen molar-refractivity contribution in [3.05, 3.63) is 29.6 Å². The molecular formula is C15H23N3. The molecule has 0 amide bonds. The van der Waals surface area contributed by atoms with E-state index in [1.54, 1.807) is 0 Å². The maximum atomic E-state index is 4.48. The fourth-order valence-electron chi connectivity index (χ4n) is 1.13. The molecule has 1 aromatic rings. The van der Waals surface area contributed by atoms with Crippen molar-refractivity contribution in [3.63, 3.8) is 0 Å². The van der Waals surface area contributed by atoms with Crippen LogP contribution in [0.1, 0.15) is 52.9 Å². The fraction of sp³-hybridized carbons (Fsp3) is 0.533. The third-order valence-corrected chi connectivity index (χ3v) is 1.96. The summed E-state index contributed by atoms with van der Waals surface area (Å²) in [7, 11) is 0. The van der Waals surface area contributed by atoms with E-state index < -0.39 is 0 Å². The summed E-state index contributed by atoms with van der Waals surface area (Å²) in [6, 6.07) is 5.87. The van der Waals surface area contributed by atoms with E-state index in [0.29, 0.717) is 0 Å². The number of rotatable bonds is 2. The highest BCUT2D eigenvalue weighted by molar-refractivity contribution is 5.82. The largest absolute Gasteiger partial charge is 0.285 e. The van der Waals surface area contributed by atoms with Crippen molar-refractivity contribution in [2.45, 2.75) is 52.6 Å². The summed E-state index contributed by atoms with van der Waals surface area (Å²) in [6.45, 7) is 12.4. The average Bonchev–Trinajstić information content (AvgIpc) is 2.22. The second kappa shape index (κ2) is 5.42. The Morgan fingerprint density at radius 3 is 1.56 bits per heavy atom. The van der Waals surface area contributed by atoms with Crippen LogP contribution in [0, 0.1) is 0 Å². The monoisotopic (exact) mass is 245 g/mol. The van der Waals surface area contributed by atoms with E-state index in [4.69, 9.17) is 0 Å². The van der Waals surface area contributed by atoms with E-state index in [9.17, 15) is 0 Å². The standard InChI is InChI=1S/C15H23N3/c1-14(2,3)16-10-12-8-7-9-13(18-12)11-17-15(4,5)6/h7-11H,1-6H3/b16-10+,17-11+. The van der Waals surface area contributed by atoms with Crippen LogP contribution in [0.2, 0.25) is 0 Å². The van der Waals surface area contributed by atoms with Gasteiger partial charge in [0.2, 0.25) is 0 Å². The van der Waals surface area contributed by atoms with Crippen molar-refractivity contribution in [2.24, 2.45) is 9.98 Å². The topological polar surface area (TPSA) is 37.6 Å². The minimum atomic E-state index is -0.0722. The summed E-state index contributed by atoms with van der Waals surface area (Å²) < 4.78 is 0. The van der Waals surface area contributed by atoms with E-state index in [1.807, 2.05) is 30.6 Å². The molecule has 0 atom stereocenters. The molecule has 0 aliphatic heterocycles. The van der Waals surface area contributed by atoms with Gasteiger partial charge in [-0.1, -0.05) is 6.07 Å². The molecule has 0 spiro atoms. The molecule has 1 rings (SSSR count). The number of aliphatic imine (C=N–C) groups is 2. The first-order chi connectivity index (χ1) is 8.16. The molecule has 0 fully saturated rings. The molecule has 0 saturated heterocycles. The Bertz CT molecular complexity index is 406. The van der Waals surface area contributed by atoms with Crippen LogP contribution >= 0.6 is 0 Å². The Kier molecular flexibility index (Phi) is 4.38. The first-order valence-corrected chi connectivity index (χ1v) is 6.23. The summed E-state index contributed by atoms with van der Waals surface area (Å²) in [5.74, 6) is 0. The molecule has 3 heteroatoms. The highest BCUT2D eigenvalue weighted by atomic mass is 14.9. The van der Waals surface area contributed by atoms with Gasteiger partial charge in [0.1, 0.15) is 0 Å².